The molecule has 0 aliphatic carbocycles. The lowest BCUT2D eigenvalue weighted by Gasteiger charge is -2.33. The minimum atomic E-state index is -1.77. The molecule has 0 unspecified atom stereocenters. The second-order valence-electron chi connectivity index (χ2n) is 6.23. The van der Waals surface area contributed by atoms with Gasteiger partial charge in [-0.15, -0.1) is 0 Å². The predicted molar refractivity (Wildman–Crippen MR) is 72.9 cm³/mol. The predicted octanol–water partition coefficient (Wildman–Crippen LogP) is 2.84. The highest BCUT2D eigenvalue weighted by Crippen LogP contribution is 2.32. The first-order chi connectivity index (χ1) is 8.37. The van der Waals surface area contributed by atoms with Crippen LogP contribution in [0.15, 0.2) is 4.99 Å². The first-order valence-corrected chi connectivity index (χ1v) is 9.45. The zero-order valence-corrected chi connectivity index (χ0v) is 12.6. The number of carbonyl (C=O) groups is 1. The SMILES string of the molecule is CC(C)(C)OC(=O)C[Si]1(CN=C=O)CCCCC1. The smallest absolute Gasteiger partial charge is 0.303 e. The van der Waals surface area contributed by atoms with E-state index in [1.54, 1.807) is 6.08 Å². The molecule has 0 aromatic carbocycles. The van der Waals surface area contributed by atoms with E-state index < -0.39 is 13.7 Å². The third kappa shape index (κ3) is 5.15. The van der Waals surface area contributed by atoms with Crippen LogP contribution in [0.4, 0.5) is 0 Å². The van der Waals surface area contributed by atoms with Crippen molar-refractivity contribution < 1.29 is 14.3 Å². The fourth-order valence-electron chi connectivity index (χ4n) is 2.58. The fraction of sp³-hybridized carbons (Fsp3) is 0.846. The van der Waals surface area contributed by atoms with Crippen LogP contribution < -0.4 is 0 Å². The first kappa shape index (κ1) is 15.1. The van der Waals surface area contributed by atoms with Crippen LogP contribution in [-0.4, -0.2) is 31.9 Å². The number of rotatable bonds is 4. The number of nitrogens with zero attached hydrogens (tertiary/aromatic N) is 1. The summed E-state index contributed by atoms with van der Waals surface area (Å²) in [5.74, 6) is -0.128. The lowest BCUT2D eigenvalue weighted by molar-refractivity contribution is -0.152. The van der Waals surface area contributed by atoms with Crippen LogP contribution in [0, 0.1) is 0 Å². The average Bonchev–Trinajstić information content (AvgIpc) is 2.25. The maximum absolute atomic E-state index is 12.0. The molecule has 0 N–H and O–H groups in total. The number of ether oxygens (including phenoxy) is 1. The van der Waals surface area contributed by atoms with E-state index in [0.717, 1.165) is 24.9 Å². The Kier molecular flexibility index (Phi) is 5.29. The molecule has 4 nitrogen and oxygen atoms in total. The Bertz CT molecular complexity index is 337. The number of esters is 1. The molecular formula is C13H23NO3Si. The Morgan fingerprint density at radius 2 is 1.89 bits per heavy atom. The standard InChI is InChI=1S/C13H23NO3Si/c1-13(2,3)17-12(16)9-18(11-14-10-15)7-5-4-6-8-18/h4-9,11H2,1-3H3. The molecule has 1 saturated heterocycles. The minimum absolute atomic E-state index is 0.128. The van der Waals surface area contributed by atoms with Gasteiger partial charge in [0, 0.05) is 12.2 Å². The van der Waals surface area contributed by atoms with Crippen LogP contribution in [0.5, 0.6) is 0 Å². The molecule has 18 heavy (non-hydrogen) atoms. The van der Waals surface area contributed by atoms with Gasteiger partial charge in [0.2, 0.25) is 6.08 Å². The maximum atomic E-state index is 12.0. The monoisotopic (exact) mass is 269 g/mol. The second kappa shape index (κ2) is 6.30. The lowest BCUT2D eigenvalue weighted by atomic mass is 10.2. The summed E-state index contributed by atoms with van der Waals surface area (Å²) in [4.78, 5) is 26.1. The molecule has 1 fully saturated rings. The topological polar surface area (TPSA) is 55.7 Å². The first-order valence-electron chi connectivity index (χ1n) is 6.62. The van der Waals surface area contributed by atoms with Gasteiger partial charge in [-0.2, -0.15) is 0 Å². The van der Waals surface area contributed by atoms with Crippen LogP contribution in [0.1, 0.15) is 40.0 Å². The van der Waals surface area contributed by atoms with Gasteiger partial charge < -0.3 is 4.74 Å². The van der Waals surface area contributed by atoms with Gasteiger partial charge in [0.05, 0.1) is 8.07 Å². The summed E-state index contributed by atoms with van der Waals surface area (Å²) >= 11 is 0. The van der Waals surface area contributed by atoms with E-state index in [9.17, 15) is 9.59 Å². The van der Waals surface area contributed by atoms with Gasteiger partial charge >= 0.3 is 5.97 Å². The quantitative estimate of drug-likeness (QED) is 0.341. The average molecular weight is 269 g/mol. The van der Waals surface area contributed by atoms with Crippen molar-refractivity contribution >= 4 is 20.1 Å². The molecule has 1 aliphatic heterocycles. The van der Waals surface area contributed by atoms with E-state index in [0.29, 0.717) is 12.2 Å². The Morgan fingerprint density at radius 3 is 2.39 bits per heavy atom. The Hall–Kier alpha value is -0.933. The van der Waals surface area contributed by atoms with Gasteiger partial charge in [0.1, 0.15) is 5.60 Å². The lowest BCUT2D eigenvalue weighted by Crippen LogP contribution is -2.43. The van der Waals surface area contributed by atoms with Gasteiger partial charge in [-0.1, -0.05) is 31.4 Å². The molecule has 1 heterocycles. The van der Waals surface area contributed by atoms with Crippen molar-refractivity contribution in [1.29, 1.82) is 0 Å². The minimum Gasteiger partial charge on any atom is -0.460 e. The Labute approximate surface area is 110 Å². The largest absolute Gasteiger partial charge is 0.460 e. The van der Waals surface area contributed by atoms with Crippen LogP contribution in [0.3, 0.4) is 0 Å². The molecule has 0 aromatic rings. The molecular weight excluding hydrogens is 246 g/mol. The molecule has 1 aliphatic rings. The summed E-state index contributed by atoms with van der Waals surface area (Å²) < 4.78 is 5.40. The molecule has 0 bridgehead atoms. The summed E-state index contributed by atoms with van der Waals surface area (Å²) in [6.07, 6.45) is 5.70. The molecule has 0 saturated carbocycles. The zero-order valence-electron chi connectivity index (χ0n) is 11.6. The summed E-state index contributed by atoms with van der Waals surface area (Å²) in [5, 5.41) is 0. The Balaban J connectivity index is 2.66. The van der Waals surface area contributed by atoms with Crippen molar-refractivity contribution in [3.63, 3.8) is 0 Å². The van der Waals surface area contributed by atoms with E-state index in [-0.39, 0.29) is 5.97 Å². The van der Waals surface area contributed by atoms with Crippen LogP contribution in [0.25, 0.3) is 0 Å². The van der Waals surface area contributed by atoms with Crippen molar-refractivity contribution in [1.82, 2.24) is 0 Å². The van der Waals surface area contributed by atoms with Crippen molar-refractivity contribution in [3.05, 3.63) is 0 Å². The van der Waals surface area contributed by atoms with Crippen LogP contribution in [0.2, 0.25) is 18.1 Å². The number of isocyanates is 1. The summed E-state index contributed by atoms with van der Waals surface area (Å²) in [6, 6.07) is 2.66. The zero-order chi connectivity index (χ0) is 13.6. The van der Waals surface area contributed by atoms with Crippen LogP contribution >= 0.6 is 0 Å². The number of carbonyl (C=O) groups excluding carboxylic acids is 2. The third-order valence-electron chi connectivity index (χ3n) is 3.33. The van der Waals surface area contributed by atoms with Crippen molar-refractivity contribution in [2.45, 2.75) is 63.8 Å². The van der Waals surface area contributed by atoms with Crippen molar-refractivity contribution in [2.75, 3.05) is 6.17 Å². The number of hydrogen-bond acceptors (Lipinski definition) is 4. The highest BCUT2D eigenvalue weighted by molar-refractivity contribution is 6.82. The van der Waals surface area contributed by atoms with E-state index >= 15 is 0 Å². The molecule has 0 atom stereocenters. The molecule has 0 aromatic heterocycles. The normalized spacial score (nSPS) is 18.8. The van der Waals surface area contributed by atoms with E-state index in [2.05, 4.69) is 4.99 Å². The van der Waals surface area contributed by atoms with Crippen molar-refractivity contribution in [2.24, 2.45) is 4.99 Å². The fourth-order valence-corrected chi connectivity index (χ4v) is 6.69. The van der Waals surface area contributed by atoms with Gasteiger partial charge in [-0.25, -0.2) is 9.79 Å². The summed E-state index contributed by atoms with van der Waals surface area (Å²) in [5.41, 5.74) is -0.435. The molecule has 102 valence electrons. The van der Waals surface area contributed by atoms with E-state index in [4.69, 9.17) is 4.74 Å². The maximum Gasteiger partial charge on any atom is 0.303 e. The number of aliphatic imine (C=N–C) groups is 1. The van der Waals surface area contributed by atoms with E-state index in [1.165, 1.54) is 6.42 Å². The van der Waals surface area contributed by atoms with Crippen LogP contribution in [-0.2, 0) is 14.3 Å². The van der Waals surface area contributed by atoms with E-state index in [1.807, 2.05) is 20.8 Å². The highest BCUT2D eigenvalue weighted by atomic mass is 28.3. The summed E-state index contributed by atoms with van der Waals surface area (Å²) in [7, 11) is -1.77. The molecule has 1 rings (SSSR count). The second-order valence-corrected chi connectivity index (χ2v) is 10.9. The molecule has 0 radical (unpaired) electrons. The molecule has 5 heteroatoms. The molecule has 0 amide bonds. The molecule has 0 spiro atoms. The van der Waals surface area contributed by atoms with Crippen molar-refractivity contribution in [3.8, 4) is 0 Å². The highest BCUT2D eigenvalue weighted by Gasteiger charge is 2.38. The number of hydrogen-bond donors (Lipinski definition) is 0. The van der Waals surface area contributed by atoms with Gasteiger partial charge in [0.15, 0.2) is 0 Å². The summed E-state index contributed by atoms with van der Waals surface area (Å²) in [6.45, 7) is 5.64. The van der Waals surface area contributed by atoms with Gasteiger partial charge in [0.25, 0.3) is 0 Å². The third-order valence-corrected chi connectivity index (χ3v) is 8.03. The van der Waals surface area contributed by atoms with Gasteiger partial charge in [-0.3, -0.25) is 4.79 Å². The Morgan fingerprint density at radius 1 is 1.28 bits per heavy atom. The van der Waals surface area contributed by atoms with Gasteiger partial charge in [-0.05, 0) is 20.8 Å².